The number of esters is 1. The van der Waals surface area contributed by atoms with Crippen molar-refractivity contribution in [3.05, 3.63) is 23.8 Å². The van der Waals surface area contributed by atoms with E-state index in [9.17, 15) is 9.59 Å². The van der Waals surface area contributed by atoms with Crippen LogP contribution in [0.25, 0.3) is 0 Å². The van der Waals surface area contributed by atoms with Crippen LogP contribution in [0, 0.1) is 0 Å². The Morgan fingerprint density at radius 1 is 1.05 bits per heavy atom. The third-order valence-corrected chi connectivity index (χ3v) is 2.99. The molecule has 0 amide bonds. The number of hydrogen-bond acceptors (Lipinski definition) is 4. The van der Waals surface area contributed by atoms with Gasteiger partial charge in [-0.25, -0.2) is 9.59 Å². The number of carbonyl (C=O) groups is 2. The maximum absolute atomic E-state index is 11.6. The highest BCUT2D eigenvalue weighted by atomic mass is 16.5. The van der Waals surface area contributed by atoms with E-state index in [0.717, 1.165) is 25.7 Å². The lowest BCUT2D eigenvalue weighted by Crippen LogP contribution is -2.09. The summed E-state index contributed by atoms with van der Waals surface area (Å²) in [6, 6.07) is 0. The normalized spacial score (nSPS) is 11.3. The molecule has 0 aliphatic rings. The highest BCUT2D eigenvalue weighted by Gasteiger charge is 2.12. The standard InChI is InChI=1S/C17H28O5/c1-4-6-10-21-11-8-9-15(16(18)19)13-14(3)17(20)22-12-7-5-2/h13H,3-12H2,1-2H3,(H,18,19). The van der Waals surface area contributed by atoms with Crippen LogP contribution in [0.4, 0.5) is 0 Å². The largest absolute Gasteiger partial charge is 0.478 e. The van der Waals surface area contributed by atoms with Crippen molar-refractivity contribution in [2.75, 3.05) is 19.8 Å². The second-order valence-corrected chi connectivity index (χ2v) is 5.06. The highest BCUT2D eigenvalue weighted by molar-refractivity contribution is 5.95. The van der Waals surface area contributed by atoms with Gasteiger partial charge in [0.15, 0.2) is 0 Å². The van der Waals surface area contributed by atoms with Crippen LogP contribution in [0.5, 0.6) is 0 Å². The fourth-order valence-corrected chi connectivity index (χ4v) is 1.63. The first-order chi connectivity index (χ1) is 10.5. The summed E-state index contributed by atoms with van der Waals surface area (Å²) in [6.45, 7) is 9.19. The molecule has 22 heavy (non-hydrogen) atoms. The van der Waals surface area contributed by atoms with Crippen LogP contribution in [0.3, 0.4) is 0 Å². The van der Waals surface area contributed by atoms with E-state index in [1.165, 1.54) is 6.08 Å². The van der Waals surface area contributed by atoms with Crippen molar-refractivity contribution < 1.29 is 24.2 Å². The molecule has 0 radical (unpaired) electrons. The SMILES string of the molecule is C=C(C=C(CCCOCCCC)C(=O)O)C(=O)OCCCC. The summed E-state index contributed by atoms with van der Waals surface area (Å²) in [5.74, 6) is -1.61. The van der Waals surface area contributed by atoms with Crippen LogP contribution in [0.1, 0.15) is 52.4 Å². The first-order valence-electron chi connectivity index (χ1n) is 7.90. The van der Waals surface area contributed by atoms with Gasteiger partial charge in [0.05, 0.1) is 12.2 Å². The number of carboxylic acid groups (broad SMARTS) is 1. The molecule has 0 saturated heterocycles. The van der Waals surface area contributed by atoms with Crippen molar-refractivity contribution in [1.29, 1.82) is 0 Å². The van der Waals surface area contributed by atoms with E-state index >= 15 is 0 Å². The number of carbonyl (C=O) groups excluding carboxylic acids is 1. The van der Waals surface area contributed by atoms with Crippen LogP contribution in [-0.4, -0.2) is 36.9 Å². The minimum absolute atomic E-state index is 0.0698. The monoisotopic (exact) mass is 312 g/mol. The zero-order valence-electron chi connectivity index (χ0n) is 13.7. The first kappa shape index (κ1) is 20.4. The van der Waals surface area contributed by atoms with Gasteiger partial charge < -0.3 is 14.6 Å². The second-order valence-electron chi connectivity index (χ2n) is 5.06. The average Bonchev–Trinajstić information content (AvgIpc) is 2.49. The van der Waals surface area contributed by atoms with Gasteiger partial charge in [0, 0.05) is 18.8 Å². The molecule has 126 valence electrons. The Morgan fingerprint density at radius 2 is 1.64 bits per heavy atom. The molecule has 0 spiro atoms. The quantitative estimate of drug-likeness (QED) is 0.244. The smallest absolute Gasteiger partial charge is 0.337 e. The minimum Gasteiger partial charge on any atom is -0.478 e. The molecule has 0 aliphatic carbocycles. The van der Waals surface area contributed by atoms with Crippen LogP contribution in [-0.2, 0) is 19.1 Å². The number of unbranched alkanes of at least 4 members (excludes halogenated alkanes) is 2. The molecule has 5 heteroatoms. The minimum atomic E-state index is -1.05. The maximum atomic E-state index is 11.6. The molecule has 0 unspecified atom stereocenters. The van der Waals surface area contributed by atoms with Crippen molar-refractivity contribution in [2.45, 2.75) is 52.4 Å². The van der Waals surface area contributed by atoms with Gasteiger partial charge in [-0.05, 0) is 31.8 Å². The Hall–Kier alpha value is -1.62. The molecule has 0 heterocycles. The zero-order valence-corrected chi connectivity index (χ0v) is 13.7. The number of hydrogen-bond donors (Lipinski definition) is 1. The Labute approximate surface area is 133 Å². The Kier molecular flexibility index (Phi) is 12.1. The number of aliphatic carboxylic acids is 1. The van der Waals surface area contributed by atoms with Gasteiger partial charge in [-0.1, -0.05) is 33.3 Å². The molecule has 0 saturated carbocycles. The summed E-state index contributed by atoms with van der Waals surface area (Å²) in [5, 5.41) is 9.16. The molecular formula is C17H28O5. The predicted octanol–water partition coefficient (Wildman–Crippen LogP) is 3.49. The molecule has 0 aromatic carbocycles. The lowest BCUT2D eigenvalue weighted by molar-refractivity contribution is -0.138. The highest BCUT2D eigenvalue weighted by Crippen LogP contribution is 2.11. The molecule has 0 bridgehead atoms. The fraction of sp³-hybridized carbons (Fsp3) is 0.647. The molecule has 1 N–H and O–H groups in total. The van der Waals surface area contributed by atoms with Crippen molar-refractivity contribution in [1.82, 2.24) is 0 Å². The van der Waals surface area contributed by atoms with Crippen LogP contribution >= 0.6 is 0 Å². The first-order valence-corrected chi connectivity index (χ1v) is 7.90. The van der Waals surface area contributed by atoms with Gasteiger partial charge in [0.25, 0.3) is 0 Å². The van der Waals surface area contributed by atoms with Crippen molar-refractivity contribution >= 4 is 11.9 Å². The van der Waals surface area contributed by atoms with E-state index < -0.39 is 11.9 Å². The van der Waals surface area contributed by atoms with Gasteiger partial charge in [-0.3, -0.25) is 0 Å². The summed E-state index contributed by atoms with van der Waals surface area (Å²) in [4.78, 5) is 22.8. The van der Waals surface area contributed by atoms with E-state index in [1.807, 2.05) is 6.92 Å². The maximum Gasteiger partial charge on any atom is 0.337 e. The molecule has 0 fully saturated rings. The third kappa shape index (κ3) is 10.2. The summed E-state index contributed by atoms with van der Waals surface area (Å²) in [7, 11) is 0. The van der Waals surface area contributed by atoms with Crippen LogP contribution in [0.2, 0.25) is 0 Å². The van der Waals surface area contributed by atoms with E-state index in [4.69, 9.17) is 14.6 Å². The van der Waals surface area contributed by atoms with E-state index in [2.05, 4.69) is 13.5 Å². The van der Waals surface area contributed by atoms with Crippen molar-refractivity contribution in [2.24, 2.45) is 0 Å². The average molecular weight is 312 g/mol. The van der Waals surface area contributed by atoms with E-state index in [-0.39, 0.29) is 11.1 Å². The number of ether oxygens (including phenoxy) is 2. The van der Waals surface area contributed by atoms with Crippen LogP contribution in [0.15, 0.2) is 23.8 Å². The topological polar surface area (TPSA) is 72.8 Å². The van der Waals surface area contributed by atoms with Gasteiger partial charge in [-0.15, -0.1) is 0 Å². The Balaban J connectivity index is 4.26. The second kappa shape index (κ2) is 13.1. The summed E-state index contributed by atoms with van der Waals surface area (Å²) >= 11 is 0. The van der Waals surface area contributed by atoms with Crippen molar-refractivity contribution in [3.8, 4) is 0 Å². The molecule has 0 aromatic rings. The molecule has 0 rings (SSSR count). The van der Waals surface area contributed by atoms with Gasteiger partial charge in [0.2, 0.25) is 0 Å². The zero-order chi connectivity index (χ0) is 16.8. The third-order valence-electron chi connectivity index (χ3n) is 2.99. The van der Waals surface area contributed by atoms with E-state index in [1.54, 1.807) is 0 Å². The van der Waals surface area contributed by atoms with E-state index in [0.29, 0.717) is 32.7 Å². The van der Waals surface area contributed by atoms with Crippen LogP contribution < -0.4 is 0 Å². The summed E-state index contributed by atoms with van der Waals surface area (Å²) in [6.07, 6.45) is 6.01. The fourth-order valence-electron chi connectivity index (χ4n) is 1.63. The lowest BCUT2D eigenvalue weighted by atomic mass is 10.1. The van der Waals surface area contributed by atoms with Crippen molar-refractivity contribution in [3.63, 3.8) is 0 Å². The molecule has 0 aromatic heterocycles. The Bertz CT molecular complexity index is 385. The summed E-state index contributed by atoms with van der Waals surface area (Å²) < 4.78 is 10.4. The molecular weight excluding hydrogens is 284 g/mol. The summed E-state index contributed by atoms with van der Waals surface area (Å²) in [5.41, 5.74) is 0.219. The lowest BCUT2D eigenvalue weighted by Gasteiger charge is -2.06. The number of carboxylic acids is 1. The molecule has 0 aliphatic heterocycles. The van der Waals surface area contributed by atoms with Gasteiger partial charge >= 0.3 is 11.9 Å². The van der Waals surface area contributed by atoms with Gasteiger partial charge in [0.1, 0.15) is 0 Å². The predicted molar refractivity (Wildman–Crippen MR) is 85.7 cm³/mol. The molecule has 0 atom stereocenters. The molecule has 5 nitrogen and oxygen atoms in total. The number of rotatable bonds is 13. The van der Waals surface area contributed by atoms with Gasteiger partial charge in [-0.2, -0.15) is 0 Å². The Morgan fingerprint density at radius 3 is 2.23 bits per heavy atom.